The second-order valence-corrected chi connectivity index (χ2v) is 7.35. The summed E-state index contributed by atoms with van der Waals surface area (Å²) in [6.45, 7) is 9.02. The molecule has 0 aliphatic heterocycles. The molecule has 0 aliphatic carbocycles. The number of rotatable bonds is 10. The summed E-state index contributed by atoms with van der Waals surface area (Å²) >= 11 is 0. The van der Waals surface area contributed by atoms with Crippen LogP contribution in [0.1, 0.15) is 25.2 Å². The molecule has 2 aromatic rings. The van der Waals surface area contributed by atoms with E-state index in [1.807, 2.05) is 62.7 Å². The van der Waals surface area contributed by atoms with Crippen molar-refractivity contribution < 1.29 is 19.4 Å². The van der Waals surface area contributed by atoms with Crippen LogP contribution >= 0.6 is 0 Å². The number of hydrogen-bond donors (Lipinski definition) is 2. The Balaban J connectivity index is 1.83. The number of ether oxygens (including phenoxy) is 2. The number of nitrogens with one attached hydrogen (secondary N) is 1. The molecular weight excluding hydrogens is 372 g/mol. The van der Waals surface area contributed by atoms with Gasteiger partial charge in [-0.1, -0.05) is 6.07 Å². The largest absolute Gasteiger partial charge is 0.389 e. The molecule has 0 spiro atoms. The van der Waals surface area contributed by atoms with Crippen molar-refractivity contribution in [3.05, 3.63) is 41.7 Å². The lowest BCUT2D eigenvalue weighted by molar-refractivity contribution is -0.0144. The number of aliphatic hydroxyl groups is 1. The Labute approximate surface area is 172 Å². The fourth-order valence-corrected chi connectivity index (χ4v) is 2.84. The van der Waals surface area contributed by atoms with Gasteiger partial charge in [-0.05, 0) is 52.0 Å². The summed E-state index contributed by atoms with van der Waals surface area (Å²) < 4.78 is 12.6. The van der Waals surface area contributed by atoms with Gasteiger partial charge >= 0.3 is 6.03 Å². The second-order valence-electron chi connectivity index (χ2n) is 7.35. The number of carbonyl (C=O) groups is 1. The third-order valence-electron chi connectivity index (χ3n) is 4.17. The van der Waals surface area contributed by atoms with Crippen molar-refractivity contribution in [1.82, 2.24) is 14.7 Å². The minimum atomic E-state index is -0.772. The zero-order chi connectivity index (χ0) is 21.4. The van der Waals surface area contributed by atoms with Crippen LogP contribution in [0.2, 0.25) is 0 Å². The Kier molecular flexibility index (Phi) is 8.63. The molecule has 0 bridgehead atoms. The van der Waals surface area contributed by atoms with Gasteiger partial charge in [-0.2, -0.15) is 5.10 Å². The van der Waals surface area contributed by atoms with E-state index in [0.717, 1.165) is 17.1 Å². The number of aliphatic hydroxyl groups excluding tert-OH is 1. The molecule has 1 aromatic heterocycles. The zero-order valence-corrected chi connectivity index (χ0v) is 17.9. The number of likely N-dealkylation sites (N-methyl/N-ethyl adjacent to an activating group) is 1. The maximum atomic E-state index is 12.4. The molecular formula is C21H32N4O4. The molecule has 160 valence electrons. The van der Waals surface area contributed by atoms with Gasteiger partial charge in [0.15, 0.2) is 0 Å². The first-order chi connectivity index (χ1) is 13.8. The molecule has 1 unspecified atom stereocenters. The lowest BCUT2D eigenvalue weighted by atomic mass is 10.2. The lowest BCUT2D eigenvalue weighted by Gasteiger charge is -2.21. The van der Waals surface area contributed by atoms with Gasteiger partial charge in [-0.15, -0.1) is 0 Å². The van der Waals surface area contributed by atoms with E-state index < -0.39 is 6.10 Å². The third-order valence-corrected chi connectivity index (χ3v) is 4.17. The van der Waals surface area contributed by atoms with Gasteiger partial charge < -0.3 is 24.8 Å². The Morgan fingerprint density at radius 1 is 1.28 bits per heavy atom. The van der Waals surface area contributed by atoms with Gasteiger partial charge in [0.05, 0.1) is 50.0 Å². The zero-order valence-electron chi connectivity index (χ0n) is 17.9. The van der Waals surface area contributed by atoms with E-state index in [1.54, 1.807) is 7.05 Å². The van der Waals surface area contributed by atoms with Crippen LogP contribution in [0.25, 0.3) is 5.69 Å². The molecule has 1 heterocycles. The fourth-order valence-electron chi connectivity index (χ4n) is 2.84. The van der Waals surface area contributed by atoms with Gasteiger partial charge in [-0.3, -0.25) is 0 Å². The summed E-state index contributed by atoms with van der Waals surface area (Å²) in [5.74, 6) is 0. The Hall–Kier alpha value is -2.42. The number of carbonyl (C=O) groups excluding carboxylic acids is 1. The molecule has 1 atom stereocenters. The lowest BCUT2D eigenvalue weighted by Crippen LogP contribution is -2.39. The van der Waals surface area contributed by atoms with E-state index in [9.17, 15) is 9.90 Å². The van der Waals surface area contributed by atoms with Gasteiger partial charge in [-0.25, -0.2) is 9.48 Å². The van der Waals surface area contributed by atoms with Crippen LogP contribution in [0.3, 0.4) is 0 Å². The molecule has 8 nitrogen and oxygen atoms in total. The molecule has 2 amide bonds. The summed E-state index contributed by atoms with van der Waals surface area (Å²) in [4.78, 5) is 13.9. The molecule has 0 saturated heterocycles. The van der Waals surface area contributed by atoms with Crippen molar-refractivity contribution in [3.8, 4) is 5.69 Å². The van der Waals surface area contributed by atoms with E-state index in [4.69, 9.17) is 9.47 Å². The predicted molar refractivity (Wildman–Crippen MR) is 113 cm³/mol. The van der Waals surface area contributed by atoms with Crippen LogP contribution in [0.15, 0.2) is 30.3 Å². The summed E-state index contributed by atoms with van der Waals surface area (Å²) in [7, 11) is 1.63. The molecule has 0 fully saturated rings. The van der Waals surface area contributed by atoms with Crippen molar-refractivity contribution in [1.29, 1.82) is 0 Å². The summed E-state index contributed by atoms with van der Waals surface area (Å²) in [5, 5.41) is 17.4. The van der Waals surface area contributed by atoms with Gasteiger partial charge in [0.2, 0.25) is 0 Å². The minimum Gasteiger partial charge on any atom is -0.389 e. The monoisotopic (exact) mass is 404 g/mol. The highest BCUT2D eigenvalue weighted by molar-refractivity contribution is 5.89. The molecule has 8 heteroatoms. The maximum Gasteiger partial charge on any atom is 0.321 e. The van der Waals surface area contributed by atoms with Crippen LogP contribution in [0.5, 0.6) is 0 Å². The highest BCUT2D eigenvalue weighted by Crippen LogP contribution is 2.17. The number of anilines is 1. The summed E-state index contributed by atoms with van der Waals surface area (Å²) in [5.41, 5.74) is 3.48. The van der Waals surface area contributed by atoms with Gasteiger partial charge in [0, 0.05) is 18.4 Å². The van der Waals surface area contributed by atoms with Gasteiger partial charge in [0.25, 0.3) is 0 Å². The average molecular weight is 405 g/mol. The van der Waals surface area contributed by atoms with E-state index in [2.05, 4.69) is 10.4 Å². The number of amides is 2. The van der Waals surface area contributed by atoms with E-state index in [1.165, 1.54) is 4.90 Å². The number of hydrogen-bond acceptors (Lipinski definition) is 5. The number of benzene rings is 1. The molecule has 29 heavy (non-hydrogen) atoms. The Bertz CT molecular complexity index is 791. The highest BCUT2D eigenvalue weighted by atomic mass is 16.5. The molecule has 1 aromatic carbocycles. The quantitative estimate of drug-likeness (QED) is 0.595. The van der Waals surface area contributed by atoms with Crippen LogP contribution < -0.4 is 5.32 Å². The molecule has 0 saturated carbocycles. The number of nitrogens with zero attached hydrogens (tertiary/aromatic N) is 3. The fraction of sp³-hybridized carbons (Fsp3) is 0.524. The molecule has 2 N–H and O–H groups in total. The first-order valence-corrected chi connectivity index (χ1v) is 9.79. The van der Waals surface area contributed by atoms with Crippen molar-refractivity contribution in [2.45, 2.75) is 39.9 Å². The molecule has 2 rings (SSSR count). The van der Waals surface area contributed by atoms with Crippen molar-refractivity contribution in [2.75, 3.05) is 38.7 Å². The SMILES string of the molecule is Cc1cc(C)n(-c2cccc(NC(=O)N(C)CC(O)COCCOC(C)C)c2)n1. The van der Waals surface area contributed by atoms with Crippen LogP contribution in [-0.2, 0) is 9.47 Å². The highest BCUT2D eigenvalue weighted by Gasteiger charge is 2.14. The van der Waals surface area contributed by atoms with Crippen molar-refractivity contribution in [2.24, 2.45) is 0 Å². The standard InChI is InChI=1S/C21H32N4O4/c1-15(2)29-10-9-28-14-20(26)13-24(5)21(27)22-18-7-6-8-19(12-18)25-17(4)11-16(3)23-25/h6-8,11-12,15,20,26H,9-10,13-14H2,1-5H3,(H,22,27). The Morgan fingerprint density at radius 2 is 2.03 bits per heavy atom. The predicted octanol–water partition coefficient (Wildman–Crippen LogP) is 2.76. The minimum absolute atomic E-state index is 0.145. The smallest absolute Gasteiger partial charge is 0.321 e. The van der Waals surface area contributed by atoms with Gasteiger partial charge in [0.1, 0.15) is 0 Å². The summed E-state index contributed by atoms with van der Waals surface area (Å²) in [6.07, 6.45) is -0.621. The number of urea groups is 1. The third kappa shape index (κ3) is 7.49. The summed E-state index contributed by atoms with van der Waals surface area (Å²) in [6, 6.07) is 9.16. The van der Waals surface area contributed by atoms with E-state index in [0.29, 0.717) is 18.9 Å². The first kappa shape index (κ1) is 22.9. The number of aromatic nitrogens is 2. The first-order valence-electron chi connectivity index (χ1n) is 9.79. The average Bonchev–Trinajstić information content (AvgIpc) is 2.99. The van der Waals surface area contributed by atoms with E-state index in [-0.39, 0.29) is 25.3 Å². The second kappa shape index (κ2) is 10.9. The van der Waals surface area contributed by atoms with Crippen molar-refractivity contribution >= 4 is 11.7 Å². The van der Waals surface area contributed by atoms with Crippen molar-refractivity contribution in [3.63, 3.8) is 0 Å². The normalized spacial score (nSPS) is 12.2. The van der Waals surface area contributed by atoms with Crippen LogP contribution in [0, 0.1) is 13.8 Å². The van der Waals surface area contributed by atoms with E-state index >= 15 is 0 Å². The topological polar surface area (TPSA) is 88.9 Å². The molecule has 0 aliphatic rings. The number of aryl methyl sites for hydroxylation is 2. The maximum absolute atomic E-state index is 12.4. The molecule has 0 radical (unpaired) electrons. The van der Waals surface area contributed by atoms with Crippen LogP contribution in [-0.4, -0.2) is 71.4 Å². The van der Waals surface area contributed by atoms with Crippen LogP contribution in [0.4, 0.5) is 10.5 Å². The Morgan fingerprint density at radius 3 is 2.69 bits per heavy atom.